The molecule has 0 bridgehead atoms. The first-order valence-electron chi connectivity index (χ1n) is 21.4. The average molecular weight is 790 g/mol. The van der Waals surface area contributed by atoms with Gasteiger partial charge in [-0.1, -0.05) is 218 Å². The lowest BCUT2D eigenvalue weighted by atomic mass is 9.67. The lowest BCUT2D eigenvalue weighted by Gasteiger charge is -2.35. The Morgan fingerprint density at radius 1 is 0.242 bits per heavy atom. The minimum atomic E-state index is -0.587. The Kier molecular flexibility index (Phi) is 9.48. The van der Waals surface area contributed by atoms with Gasteiger partial charge in [-0.25, -0.2) is 0 Å². The molecule has 292 valence electrons. The summed E-state index contributed by atoms with van der Waals surface area (Å²) in [6.07, 6.45) is 0. The smallest absolute Gasteiger partial charge is 0.0714 e. The number of nitrogens with zero attached hydrogens (tertiary/aromatic N) is 1. The topological polar surface area (TPSA) is 3.24 Å². The predicted octanol–water partition coefficient (Wildman–Crippen LogP) is 16.2. The molecule has 0 unspecified atom stereocenters. The summed E-state index contributed by atoms with van der Waals surface area (Å²) in [4.78, 5) is 2.46. The first-order chi connectivity index (χ1) is 30.8. The van der Waals surface area contributed by atoms with Crippen LogP contribution in [0.25, 0.3) is 55.6 Å². The number of anilines is 3. The first-order valence-corrected chi connectivity index (χ1v) is 21.4. The highest BCUT2D eigenvalue weighted by molar-refractivity contribution is 5.94. The molecule has 10 aromatic rings. The molecule has 1 heteroatoms. The highest BCUT2D eigenvalue weighted by Gasteiger charge is 2.46. The monoisotopic (exact) mass is 789 g/mol. The van der Waals surface area contributed by atoms with Crippen LogP contribution >= 0.6 is 0 Å². The molecule has 11 rings (SSSR count). The molecule has 0 atom stereocenters. The Balaban J connectivity index is 1.18. The van der Waals surface area contributed by atoms with Crippen molar-refractivity contribution in [2.75, 3.05) is 4.90 Å². The molecule has 62 heavy (non-hydrogen) atoms. The van der Waals surface area contributed by atoms with Crippen LogP contribution in [0.5, 0.6) is 0 Å². The standard InChI is InChI=1S/C61H43N/c1-7-19-44(20-8-1)47-31-35-53(36-32-47)62(60-40-34-49(45-21-9-2-10-22-45)41-57(60)48-25-13-4-14-26-48)54-37-39-56-55-38-33-50(46-23-11-3-12-24-46)42-58(55)61(59(56)43-54,51-27-15-5-16-28-51)52-29-17-6-18-30-52/h1-43H. The highest BCUT2D eigenvalue weighted by atomic mass is 15.1. The first kappa shape index (κ1) is 37.0. The number of fused-ring (bicyclic) bond motifs is 3. The molecule has 0 amide bonds. The Morgan fingerprint density at radius 2 is 0.613 bits per heavy atom. The van der Waals surface area contributed by atoms with Crippen molar-refractivity contribution < 1.29 is 0 Å². The lowest BCUT2D eigenvalue weighted by molar-refractivity contribution is 0.768. The van der Waals surface area contributed by atoms with Crippen molar-refractivity contribution in [3.05, 3.63) is 283 Å². The van der Waals surface area contributed by atoms with Crippen LogP contribution in [0.1, 0.15) is 22.3 Å². The fourth-order valence-electron chi connectivity index (χ4n) is 9.68. The minimum Gasteiger partial charge on any atom is -0.310 e. The Bertz CT molecular complexity index is 3080. The third-order valence-corrected chi connectivity index (χ3v) is 12.6. The second kappa shape index (κ2) is 15.9. The molecule has 1 aliphatic carbocycles. The number of hydrogen-bond donors (Lipinski definition) is 0. The summed E-state index contributed by atoms with van der Waals surface area (Å²) in [6, 6.07) is 95.4. The van der Waals surface area contributed by atoms with Gasteiger partial charge in [-0.05, 0) is 115 Å². The van der Waals surface area contributed by atoms with Crippen LogP contribution < -0.4 is 4.90 Å². The van der Waals surface area contributed by atoms with Gasteiger partial charge in [0.25, 0.3) is 0 Å². The van der Waals surface area contributed by atoms with Crippen LogP contribution in [0, 0.1) is 0 Å². The van der Waals surface area contributed by atoms with Crippen molar-refractivity contribution in [1.82, 2.24) is 0 Å². The van der Waals surface area contributed by atoms with Crippen molar-refractivity contribution >= 4 is 17.1 Å². The molecule has 0 saturated heterocycles. The molecular weight excluding hydrogens is 747 g/mol. The maximum Gasteiger partial charge on any atom is 0.0714 e. The maximum absolute atomic E-state index is 2.47. The van der Waals surface area contributed by atoms with Crippen molar-refractivity contribution in [2.24, 2.45) is 0 Å². The summed E-state index contributed by atoms with van der Waals surface area (Å²) in [5.74, 6) is 0. The minimum absolute atomic E-state index is 0.587. The molecule has 0 saturated carbocycles. The number of benzene rings is 10. The summed E-state index contributed by atoms with van der Waals surface area (Å²) in [5, 5.41) is 0. The zero-order chi connectivity index (χ0) is 41.3. The zero-order valence-electron chi connectivity index (χ0n) is 34.3. The number of hydrogen-bond acceptors (Lipinski definition) is 1. The molecule has 0 N–H and O–H groups in total. The number of rotatable bonds is 9. The molecule has 0 heterocycles. The Labute approximate surface area is 364 Å². The van der Waals surface area contributed by atoms with E-state index >= 15 is 0 Å². The quantitative estimate of drug-likeness (QED) is 0.141. The van der Waals surface area contributed by atoms with E-state index in [9.17, 15) is 0 Å². The van der Waals surface area contributed by atoms with Gasteiger partial charge in [-0.3, -0.25) is 0 Å². The molecule has 1 aliphatic rings. The largest absolute Gasteiger partial charge is 0.310 e. The molecular formula is C61H43N. The molecule has 0 radical (unpaired) electrons. The van der Waals surface area contributed by atoms with Gasteiger partial charge in [0.15, 0.2) is 0 Å². The van der Waals surface area contributed by atoms with Crippen LogP contribution in [0.3, 0.4) is 0 Å². The van der Waals surface area contributed by atoms with Gasteiger partial charge in [0.05, 0.1) is 11.1 Å². The molecule has 0 spiro atoms. The third-order valence-electron chi connectivity index (χ3n) is 12.6. The van der Waals surface area contributed by atoms with Crippen molar-refractivity contribution in [3.8, 4) is 55.6 Å². The molecule has 10 aromatic carbocycles. The van der Waals surface area contributed by atoms with E-state index in [1.54, 1.807) is 0 Å². The zero-order valence-corrected chi connectivity index (χ0v) is 34.3. The van der Waals surface area contributed by atoms with E-state index in [4.69, 9.17) is 0 Å². The average Bonchev–Trinajstić information content (AvgIpc) is 3.65. The van der Waals surface area contributed by atoms with Crippen LogP contribution in [0.2, 0.25) is 0 Å². The summed E-state index contributed by atoms with van der Waals surface area (Å²) >= 11 is 0. The van der Waals surface area contributed by atoms with E-state index in [0.29, 0.717) is 0 Å². The van der Waals surface area contributed by atoms with Gasteiger partial charge in [-0.2, -0.15) is 0 Å². The van der Waals surface area contributed by atoms with Gasteiger partial charge < -0.3 is 4.90 Å². The maximum atomic E-state index is 2.47. The van der Waals surface area contributed by atoms with Crippen LogP contribution in [0.15, 0.2) is 261 Å². The van der Waals surface area contributed by atoms with E-state index in [-0.39, 0.29) is 0 Å². The van der Waals surface area contributed by atoms with Gasteiger partial charge in [0.2, 0.25) is 0 Å². The van der Waals surface area contributed by atoms with Crippen LogP contribution in [0.4, 0.5) is 17.1 Å². The van der Waals surface area contributed by atoms with Crippen molar-refractivity contribution in [3.63, 3.8) is 0 Å². The predicted molar refractivity (Wildman–Crippen MR) is 260 cm³/mol. The molecule has 0 aromatic heterocycles. The van der Waals surface area contributed by atoms with E-state index in [2.05, 4.69) is 266 Å². The van der Waals surface area contributed by atoms with Gasteiger partial charge >= 0.3 is 0 Å². The molecule has 0 aliphatic heterocycles. The van der Waals surface area contributed by atoms with Gasteiger partial charge in [0, 0.05) is 16.9 Å². The van der Waals surface area contributed by atoms with Crippen molar-refractivity contribution in [1.29, 1.82) is 0 Å². The summed E-state index contributed by atoms with van der Waals surface area (Å²) in [5.41, 5.74) is 19.7. The third kappa shape index (κ3) is 6.43. The summed E-state index contributed by atoms with van der Waals surface area (Å²) < 4.78 is 0. The van der Waals surface area contributed by atoms with Gasteiger partial charge in [0.1, 0.15) is 0 Å². The lowest BCUT2D eigenvalue weighted by Crippen LogP contribution is -2.28. The Morgan fingerprint density at radius 3 is 1.15 bits per heavy atom. The molecule has 0 fully saturated rings. The van der Waals surface area contributed by atoms with Crippen molar-refractivity contribution in [2.45, 2.75) is 5.41 Å². The van der Waals surface area contributed by atoms with E-state index in [1.807, 2.05) is 0 Å². The highest BCUT2D eigenvalue weighted by Crippen LogP contribution is 2.58. The second-order valence-electron chi connectivity index (χ2n) is 16.1. The fourth-order valence-corrected chi connectivity index (χ4v) is 9.68. The molecule has 1 nitrogen and oxygen atoms in total. The second-order valence-corrected chi connectivity index (χ2v) is 16.1. The van der Waals surface area contributed by atoms with E-state index in [0.717, 1.165) is 28.2 Å². The summed E-state index contributed by atoms with van der Waals surface area (Å²) in [6.45, 7) is 0. The normalized spacial score (nSPS) is 12.3. The van der Waals surface area contributed by atoms with Gasteiger partial charge in [-0.15, -0.1) is 0 Å². The van der Waals surface area contributed by atoms with E-state index < -0.39 is 5.41 Å². The Hall–Kier alpha value is -8.00. The van der Waals surface area contributed by atoms with E-state index in [1.165, 1.54) is 66.8 Å². The SMILES string of the molecule is c1ccc(-c2ccc(N(c3ccc4c(c3)C(c3ccccc3)(c3ccccc3)c3cc(-c5ccccc5)ccc3-4)c3ccc(-c4ccccc4)cc3-c3ccccc3)cc2)cc1. The fraction of sp³-hybridized carbons (Fsp3) is 0.0164. The van der Waals surface area contributed by atoms with Crippen LogP contribution in [-0.4, -0.2) is 0 Å². The summed E-state index contributed by atoms with van der Waals surface area (Å²) in [7, 11) is 0. The van der Waals surface area contributed by atoms with Crippen LogP contribution in [-0.2, 0) is 5.41 Å².